The van der Waals surface area contributed by atoms with E-state index in [0.717, 1.165) is 5.69 Å². The number of nitrogens with zero attached hydrogens (tertiary/aromatic N) is 2. The summed E-state index contributed by atoms with van der Waals surface area (Å²) in [4.78, 5) is 22.5. The highest BCUT2D eigenvalue weighted by atomic mass is 16.5. The van der Waals surface area contributed by atoms with E-state index in [-0.39, 0.29) is 24.8 Å². The second-order valence-electron chi connectivity index (χ2n) is 3.71. The third kappa shape index (κ3) is 2.90. The lowest BCUT2D eigenvalue weighted by molar-refractivity contribution is -0.121. The Kier molecular flexibility index (Phi) is 3.17. The molecule has 0 atom stereocenters. The van der Waals surface area contributed by atoms with Gasteiger partial charge in [0.15, 0.2) is 5.76 Å². The van der Waals surface area contributed by atoms with Crippen molar-refractivity contribution in [2.24, 2.45) is 5.10 Å². The minimum absolute atomic E-state index is 0.174. The van der Waals surface area contributed by atoms with E-state index in [4.69, 9.17) is 4.52 Å². The van der Waals surface area contributed by atoms with E-state index in [1.807, 2.05) is 0 Å². The van der Waals surface area contributed by atoms with Crippen LogP contribution in [0.5, 0.6) is 0 Å². The molecule has 2 rings (SSSR count). The summed E-state index contributed by atoms with van der Waals surface area (Å²) < 4.78 is 4.94. The molecule has 2 heterocycles. The smallest absolute Gasteiger partial charge is 0.267 e. The molecule has 7 nitrogen and oxygen atoms in total. The fraction of sp³-hybridized carbons (Fsp3) is 0.400. The van der Waals surface area contributed by atoms with Gasteiger partial charge in [-0.15, -0.1) is 0 Å². The van der Waals surface area contributed by atoms with Crippen LogP contribution in [0.2, 0.25) is 0 Å². The van der Waals surface area contributed by atoms with Gasteiger partial charge in [-0.1, -0.05) is 5.16 Å². The van der Waals surface area contributed by atoms with E-state index in [1.165, 1.54) is 0 Å². The van der Waals surface area contributed by atoms with Gasteiger partial charge in [0.1, 0.15) is 5.71 Å². The van der Waals surface area contributed by atoms with Crippen molar-refractivity contribution in [3.05, 3.63) is 17.5 Å². The third-order valence-electron chi connectivity index (χ3n) is 2.27. The van der Waals surface area contributed by atoms with Crippen LogP contribution in [0.15, 0.2) is 15.7 Å². The molecule has 0 aromatic carbocycles. The molecule has 90 valence electrons. The molecule has 0 bridgehead atoms. The molecule has 0 aliphatic carbocycles. The van der Waals surface area contributed by atoms with Gasteiger partial charge in [-0.05, 0) is 6.92 Å². The van der Waals surface area contributed by atoms with Gasteiger partial charge in [-0.3, -0.25) is 9.59 Å². The second kappa shape index (κ2) is 4.77. The third-order valence-corrected chi connectivity index (χ3v) is 2.27. The first-order valence-corrected chi connectivity index (χ1v) is 5.21. The predicted molar refractivity (Wildman–Crippen MR) is 57.9 cm³/mol. The summed E-state index contributed by atoms with van der Waals surface area (Å²) in [6.45, 7) is 2.06. The first kappa shape index (κ1) is 11.3. The summed E-state index contributed by atoms with van der Waals surface area (Å²) in [5.41, 5.74) is 3.35. The van der Waals surface area contributed by atoms with Crippen molar-refractivity contribution < 1.29 is 14.1 Å². The summed E-state index contributed by atoms with van der Waals surface area (Å²) >= 11 is 0. The molecule has 7 heteroatoms. The topological polar surface area (TPSA) is 96.6 Å². The van der Waals surface area contributed by atoms with Crippen molar-refractivity contribution >= 4 is 17.5 Å². The maximum absolute atomic E-state index is 11.6. The van der Waals surface area contributed by atoms with Gasteiger partial charge >= 0.3 is 0 Å². The van der Waals surface area contributed by atoms with E-state index in [2.05, 4.69) is 21.0 Å². The van der Waals surface area contributed by atoms with Gasteiger partial charge in [0.2, 0.25) is 5.91 Å². The number of hydrogen-bond donors (Lipinski definition) is 2. The van der Waals surface area contributed by atoms with Crippen molar-refractivity contribution in [3.8, 4) is 0 Å². The molecule has 0 spiro atoms. The van der Waals surface area contributed by atoms with Crippen LogP contribution in [0.4, 0.5) is 0 Å². The van der Waals surface area contributed by atoms with Crippen LogP contribution >= 0.6 is 0 Å². The molecule has 0 saturated heterocycles. The minimum atomic E-state index is -0.306. The largest absolute Gasteiger partial charge is 0.359 e. The number of aromatic nitrogens is 1. The van der Waals surface area contributed by atoms with Crippen LogP contribution in [0.3, 0.4) is 0 Å². The van der Waals surface area contributed by atoms with Crippen LogP contribution in [0.1, 0.15) is 24.3 Å². The molecule has 1 aliphatic rings. The van der Waals surface area contributed by atoms with Crippen LogP contribution in [-0.4, -0.2) is 22.7 Å². The second-order valence-corrected chi connectivity index (χ2v) is 3.71. The normalized spacial score (nSPS) is 15.1. The molecule has 1 aromatic heterocycles. The molecule has 2 N–H and O–H groups in total. The Morgan fingerprint density at radius 1 is 1.59 bits per heavy atom. The number of amides is 2. The monoisotopic (exact) mass is 236 g/mol. The number of carbonyl (C=O) groups is 2. The highest BCUT2D eigenvalue weighted by Crippen LogP contribution is 2.03. The molecule has 17 heavy (non-hydrogen) atoms. The minimum Gasteiger partial charge on any atom is -0.359 e. The average molecular weight is 236 g/mol. The fourth-order valence-corrected chi connectivity index (χ4v) is 1.41. The van der Waals surface area contributed by atoms with Crippen molar-refractivity contribution in [3.63, 3.8) is 0 Å². The molecule has 0 saturated carbocycles. The first-order valence-electron chi connectivity index (χ1n) is 5.21. The van der Waals surface area contributed by atoms with Gasteiger partial charge < -0.3 is 9.84 Å². The van der Waals surface area contributed by atoms with E-state index in [1.54, 1.807) is 13.0 Å². The standard InChI is InChI=1S/C10H12N4O3/c1-6-4-7(17-14-6)5-11-10(16)8-2-3-9(15)13-12-8/h4H,2-3,5H2,1H3,(H,11,16)(H,13,15). The van der Waals surface area contributed by atoms with Gasteiger partial charge in [0.05, 0.1) is 12.2 Å². The zero-order valence-corrected chi connectivity index (χ0v) is 9.32. The summed E-state index contributed by atoms with van der Waals surface area (Å²) in [7, 11) is 0. The zero-order valence-electron chi connectivity index (χ0n) is 9.32. The Balaban J connectivity index is 1.87. The van der Waals surface area contributed by atoms with Crippen LogP contribution in [-0.2, 0) is 16.1 Å². The zero-order chi connectivity index (χ0) is 12.3. The van der Waals surface area contributed by atoms with Crippen LogP contribution < -0.4 is 10.7 Å². The van der Waals surface area contributed by atoms with Gasteiger partial charge in [-0.2, -0.15) is 5.10 Å². The number of hydrogen-bond acceptors (Lipinski definition) is 5. The summed E-state index contributed by atoms with van der Waals surface area (Å²) in [5.74, 6) is 0.0998. The number of carbonyl (C=O) groups excluding carboxylic acids is 2. The van der Waals surface area contributed by atoms with Crippen molar-refractivity contribution in [1.29, 1.82) is 0 Å². The molecule has 2 amide bonds. The molecule has 0 radical (unpaired) electrons. The fourth-order valence-electron chi connectivity index (χ4n) is 1.41. The van der Waals surface area contributed by atoms with E-state index in [0.29, 0.717) is 17.9 Å². The van der Waals surface area contributed by atoms with Crippen molar-refractivity contribution in [1.82, 2.24) is 15.9 Å². The lowest BCUT2D eigenvalue weighted by atomic mass is 10.1. The average Bonchev–Trinajstić information content (AvgIpc) is 2.73. The Morgan fingerprint density at radius 2 is 2.41 bits per heavy atom. The molecular weight excluding hydrogens is 224 g/mol. The Bertz CT molecular complexity index is 478. The first-order chi connectivity index (χ1) is 8.15. The van der Waals surface area contributed by atoms with Crippen molar-refractivity contribution in [2.45, 2.75) is 26.3 Å². The molecule has 0 unspecified atom stereocenters. The lowest BCUT2D eigenvalue weighted by Gasteiger charge is -2.10. The highest BCUT2D eigenvalue weighted by molar-refractivity contribution is 6.39. The molecule has 1 aliphatic heterocycles. The maximum Gasteiger partial charge on any atom is 0.267 e. The molecule has 1 aromatic rings. The van der Waals surface area contributed by atoms with Crippen molar-refractivity contribution in [2.75, 3.05) is 0 Å². The Labute approximate surface area is 97.2 Å². The van der Waals surface area contributed by atoms with Gasteiger partial charge in [0.25, 0.3) is 5.91 Å². The Morgan fingerprint density at radius 3 is 3.00 bits per heavy atom. The van der Waals surface area contributed by atoms with E-state index < -0.39 is 0 Å². The Hall–Kier alpha value is -2.18. The van der Waals surface area contributed by atoms with Crippen LogP contribution in [0, 0.1) is 6.92 Å². The molecule has 0 fully saturated rings. The predicted octanol–water partition coefficient (Wildman–Crippen LogP) is -0.135. The summed E-state index contributed by atoms with van der Waals surface area (Å²) in [6.07, 6.45) is 0.640. The summed E-state index contributed by atoms with van der Waals surface area (Å²) in [5, 5.41) is 10.0. The molecular formula is C10H12N4O3. The van der Waals surface area contributed by atoms with E-state index in [9.17, 15) is 9.59 Å². The summed E-state index contributed by atoms with van der Waals surface area (Å²) in [6, 6.07) is 1.74. The SMILES string of the molecule is Cc1cc(CNC(=O)C2=NNC(=O)CC2)on1. The number of aryl methyl sites for hydroxylation is 1. The number of rotatable bonds is 3. The van der Waals surface area contributed by atoms with Gasteiger partial charge in [-0.25, -0.2) is 5.43 Å². The highest BCUT2D eigenvalue weighted by Gasteiger charge is 2.18. The lowest BCUT2D eigenvalue weighted by Crippen LogP contribution is -2.36. The maximum atomic E-state index is 11.6. The quantitative estimate of drug-likeness (QED) is 0.763. The number of hydrazone groups is 1. The van der Waals surface area contributed by atoms with Crippen LogP contribution in [0.25, 0.3) is 0 Å². The van der Waals surface area contributed by atoms with E-state index >= 15 is 0 Å². The number of nitrogens with one attached hydrogen (secondary N) is 2. The van der Waals surface area contributed by atoms with Gasteiger partial charge in [0, 0.05) is 18.9 Å².